The number of rotatable bonds is 2. The second-order valence-electron chi connectivity index (χ2n) is 4.92. The Balaban J connectivity index is 1.99. The summed E-state index contributed by atoms with van der Waals surface area (Å²) >= 11 is 3.39. The summed E-state index contributed by atoms with van der Waals surface area (Å²) < 4.78 is 6.50. The number of ether oxygens (including phenoxy) is 1. The second-order valence-corrected chi connectivity index (χ2v) is 5.84. The first-order valence-corrected chi connectivity index (χ1v) is 7.31. The van der Waals surface area contributed by atoms with E-state index in [2.05, 4.69) is 20.9 Å². The number of aromatic nitrogens is 1. The van der Waals surface area contributed by atoms with Crippen molar-refractivity contribution in [1.82, 2.24) is 4.98 Å². The fraction of sp³-hybridized carbons (Fsp3) is 0.200. The van der Waals surface area contributed by atoms with Gasteiger partial charge in [0.15, 0.2) is 6.10 Å². The maximum absolute atomic E-state index is 12.4. The Labute approximate surface area is 130 Å². The summed E-state index contributed by atoms with van der Waals surface area (Å²) in [6.45, 7) is 2.18. The molecular formula is C15H14BrN3O2. The van der Waals surface area contributed by atoms with Gasteiger partial charge in [0.2, 0.25) is 0 Å². The Kier molecular flexibility index (Phi) is 3.55. The number of halogens is 1. The summed E-state index contributed by atoms with van der Waals surface area (Å²) in [5.74, 6) is 0.553. The van der Waals surface area contributed by atoms with E-state index >= 15 is 0 Å². The first-order chi connectivity index (χ1) is 10.0. The number of nitrogens with two attached hydrogens (primary N) is 1. The molecule has 0 aliphatic carbocycles. The summed E-state index contributed by atoms with van der Waals surface area (Å²) in [5.41, 5.74) is 8.06. The third kappa shape index (κ3) is 2.71. The van der Waals surface area contributed by atoms with Gasteiger partial charge in [0.05, 0.1) is 12.2 Å². The van der Waals surface area contributed by atoms with Crippen molar-refractivity contribution in [1.29, 1.82) is 0 Å². The summed E-state index contributed by atoms with van der Waals surface area (Å²) in [6, 6.07) is 7.25. The molecule has 1 unspecified atom stereocenters. The highest BCUT2D eigenvalue weighted by atomic mass is 79.9. The topological polar surface area (TPSA) is 68.5 Å². The molecule has 0 saturated carbocycles. The molecular weight excluding hydrogens is 334 g/mol. The van der Waals surface area contributed by atoms with Crippen LogP contribution in [-0.2, 0) is 11.3 Å². The molecule has 0 radical (unpaired) electrons. The van der Waals surface area contributed by atoms with Gasteiger partial charge in [-0.1, -0.05) is 0 Å². The van der Waals surface area contributed by atoms with Crippen LogP contribution in [-0.4, -0.2) is 17.0 Å². The quantitative estimate of drug-likeness (QED) is 0.848. The highest BCUT2D eigenvalue weighted by molar-refractivity contribution is 9.10. The SMILES string of the molecule is CC1Oc2cc(N)ccc2N(Cc2cncc(Br)c2)C1=O. The molecule has 0 fully saturated rings. The van der Waals surface area contributed by atoms with Gasteiger partial charge >= 0.3 is 0 Å². The van der Waals surface area contributed by atoms with Crippen LogP contribution in [0.5, 0.6) is 5.75 Å². The minimum absolute atomic E-state index is 0.0766. The lowest BCUT2D eigenvalue weighted by Gasteiger charge is -2.33. The van der Waals surface area contributed by atoms with Crippen molar-refractivity contribution in [2.45, 2.75) is 19.6 Å². The van der Waals surface area contributed by atoms with Crippen molar-refractivity contribution >= 4 is 33.2 Å². The van der Waals surface area contributed by atoms with Gasteiger partial charge in [-0.25, -0.2) is 0 Å². The zero-order valence-electron chi connectivity index (χ0n) is 11.4. The number of hydrogen-bond donors (Lipinski definition) is 1. The number of carbonyl (C=O) groups excluding carboxylic acids is 1. The maximum atomic E-state index is 12.4. The molecule has 1 aliphatic rings. The van der Waals surface area contributed by atoms with E-state index in [1.54, 1.807) is 42.4 Å². The average molecular weight is 348 g/mol. The van der Waals surface area contributed by atoms with Gasteiger partial charge in [0.1, 0.15) is 5.75 Å². The molecule has 1 aliphatic heterocycles. The number of carbonyl (C=O) groups is 1. The normalized spacial score (nSPS) is 17.3. The number of amides is 1. The monoisotopic (exact) mass is 347 g/mol. The number of anilines is 2. The molecule has 5 nitrogen and oxygen atoms in total. The van der Waals surface area contributed by atoms with E-state index in [9.17, 15) is 4.79 Å². The van der Waals surface area contributed by atoms with E-state index in [0.29, 0.717) is 18.0 Å². The molecule has 1 aromatic carbocycles. The van der Waals surface area contributed by atoms with E-state index < -0.39 is 6.10 Å². The van der Waals surface area contributed by atoms with Crippen molar-refractivity contribution in [3.05, 3.63) is 46.7 Å². The zero-order chi connectivity index (χ0) is 15.0. The molecule has 0 spiro atoms. The number of benzene rings is 1. The molecule has 108 valence electrons. The number of pyridine rings is 1. The molecule has 2 heterocycles. The highest BCUT2D eigenvalue weighted by Gasteiger charge is 2.31. The van der Waals surface area contributed by atoms with Gasteiger partial charge < -0.3 is 15.4 Å². The molecule has 2 aromatic rings. The van der Waals surface area contributed by atoms with E-state index in [0.717, 1.165) is 15.7 Å². The lowest BCUT2D eigenvalue weighted by molar-refractivity contribution is -0.125. The molecule has 21 heavy (non-hydrogen) atoms. The van der Waals surface area contributed by atoms with Gasteiger partial charge in [-0.05, 0) is 46.6 Å². The first-order valence-electron chi connectivity index (χ1n) is 6.51. The molecule has 0 bridgehead atoms. The summed E-state index contributed by atoms with van der Waals surface area (Å²) in [7, 11) is 0. The zero-order valence-corrected chi connectivity index (χ0v) is 13.0. The summed E-state index contributed by atoms with van der Waals surface area (Å²) in [5, 5.41) is 0. The van der Waals surface area contributed by atoms with Gasteiger partial charge in [-0.15, -0.1) is 0 Å². The van der Waals surface area contributed by atoms with Crippen LogP contribution >= 0.6 is 15.9 Å². The Morgan fingerprint density at radius 1 is 1.38 bits per heavy atom. The third-order valence-corrected chi connectivity index (χ3v) is 3.73. The van der Waals surface area contributed by atoms with Crippen LogP contribution in [0, 0.1) is 0 Å². The Morgan fingerprint density at radius 2 is 2.19 bits per heavy atom. The van der Waals surface area contributed by atoms with E-state index in [-0.39, 0.29) is 5.91 Å². The first kappa shape index (κ1) is 13.9. The predicted molar refractivity (Wildman–Crippen MR) is 84.1 cm³/mol. The van der Waals surface area contributed by atoms with Gasteiger partial charge in [0.25, 0.3) is 5.91 Å². The highest BCUT2D eigenvalue weighted by Crippen LogP contribution is 2.36. The smallest absolute Gasteiger partial charge is 0.268 e. The minimum atomic E-state index is -0.528. The number of hydrogen-bond acceptors (Lipinski definition) is 4. The fourth-order valence-electron chi connectivity index (χ4n) is 2.32. The Morgan fingerprint density at radius 3 is 2.95 bits per heavy atom. The van der Waals surface area contributed by atoms with Crippen molar-refractivity contribution in [2.24, 2.45) is 0 Å². The van der Waals surface area contributed by atoms with Gasteiger partial charge in [-0.3, -0.25) is 9.78 Å². The predicted octanol–water partition coefficient (Wildman–Crippen LogP) is 2.74. The van der Waals surface area contributed by atoms with E-state index in [1.165, 1.54) is 0 Å². The van der Waals surface area contributed by atoms with Crippen molar-refractivity contribution in [3.8, 4) is 5.75 Å². The van der Waals surface area contributed by atoms with Crippen molar-refractivity contribution < 1.29 is 9.53 Å². The van der Waals surface area contributed by atoms with Crippen LogP contribution in [0.25, 0.3) is 0 Å². The molecule has 3 rings (SSSR count). The van der Waals surface area contributed by atoms with Crippen LogP contribution in [0.15, 0.2) is 41.1 Å². The Bertz CT molecular complexity index is 705. The van der Waals surface area contributed by atoms with Crippen LogP contribution in [0.1, 0.15) is 12.5 Å². The molecule has 1 atom stereocenters. The molecule has 2 N–H and O–H groups in total. The largest absolute Gasteiger partial charge is 0.479 e. The van der Waals surface area contributed by atoms with Crippen LogP contribution in [0.3, 0.4) is 0 Å². The maximum Gasteiger partial charge on any atom is 0.268 e. The van der Waals surface area contributed by atoms with E-state index in [1.807, 2.05) is 6.07 Å². The standard InChI is InChI=1S/C15H14BrN3O2/c1-9-15(20)19(8-10-4-11(16)7-18-6-10)13-3-2-12(17)5-14(13)21-9/h2-7,9H,8,17H2,1H3. The average Bonchev–Trinajstić information content (AvgIpc) is 2.44. The molecule has 0 saturated heterocycles. The Hall–Kier alpha value is -2.08. The lowest BCUT2D eigenvalue weighted by atomic mass is 10.1. The number of nitrogen functional groups attached to an aromatic ring is 1. The fourth-order valence-corrected chi connectivity index (χ4v) is 2.73. The minimum Gasteiger partial charge on any atom is -0.479 e. The van der Waals surface area contributed by atoms with Gasteiger partial charge in [0, 0.05) is 28.6 Å². The number of fused-ring (bicyclic) bond motifs is 1. The molecule has 6 heteroatoms. The lowest BCUT2D eigenvalue weighted by Crippen LogP contribution is -2.44. The van der Waals surface area contributed by atoms with Crippen molar-refractivity contribution in [3.63, 3.8) is 0 Å². The number of nitrogens with zero attached hydrogens (tertiary/aromatic N) is 2. The third-order valence-electron chi connectivity index (χ3n) is 3.29. The van der Waals surface area contributed by atoms with E-state index in [4.69, 9.17) is 10.5 Å². The van der Waals surface area contributed by atoms with Crippen LogP contribution in [0.4, 0.5) is 11.4 Å². The van der Waals surface area contributed by atoms with Gasteiger partial charge in [-0.2, -0.15) is 0 Å². The summed E-state index contributed by atoms with van der Waals surface area (Å²) in [6.07, 6.45) is 2.93. The van der Waals surface area contributed by atoms with Crippen LogP contribution in [0.2, 0.25) is 0 Å². The molecule has 1 aromatic heterocycles. The summed E-state index contributed by atoms with van der Waals surface area (Å²) in [4.78, 5) is 18.2. The molecule has 1 amide bonds. The van der Waals surface area contributed by atoms with Crippen LogP contribution < -0.4 is 15.4 Å². The van der Waals surface area contributed by atoms with Crippen molar-refractivity contribution in [2.75, 3.05) is 10.6 Å². The second kappa shape index (κ2) is 5.37.